The number of hydrogen-bond acceptors (Lipinski definition) is 2. The van der Waals surface area contributed by atoms with Gasteiger partial charge in [0.05, 0.1) is 6.61 Å². The van der Waals surface area contributed by atoms with Crippen LogP contribution in [-0.2, 0) is 16.0 Å². The lowest BCUT2D eigenvalue weighted by molar-refractivity contribution is -0.142. The van der Waals surface area contributed by atoms with E-state index in [2.05, 4.69) is 15.9 Å². The average Bonchev–Trinajstić information content (AvgIpc) is 2.18. The Hall–Kier alpha value is -0.540. The Kier molecular flexibility index (Phi) is 5.12. The fourth-order valence-corrected chi connectivity index (χ4v) is 1.87. The highest BCUT2D eigenvalue weighted by atomic mass is 79.9. The van der Waals surface area contributed by atoms with Gasteiger partial charge in [0, 0.05) is 4.47 Å². The molecule has 0 aromatic heterocycles. The maximum Gasteiger partial charge on any atom is 0.324 e. The van der Waals surface area contributed by atoms with Crippen LogP contribution in [-0.4, -0.2) is 18.0 Å². The predicted molar refractivity (Wildman–Crippen MR) is 64.1 cm³/mol. The summed E-state index contributed by atoms with van der Waals surface area (Å²) in [5.74, 6) is -0.362. The van der Waals surface area contributed by atoms with Crippen LogP contribution in [0.4, 0.5) is 0 Å². The maximum atomic E-state index is 11.3. The molecule has 0 heterocycles. The van der Waals surface area contributed by atoms with Gasteiger partial charge in [-0.05, 0) is 31.0 Å². The SMILES string of the molecule is CCOC(=O)C(Cl)Cc1cccc(Br)c1. The van der Waals surface area contributed by atoms with Gasteiger partial charge in [-0.15, -0.1) is 11.6 Å². The van der Waals surface area contributed by atoms with Crippen molar-refractivity contribution in [3.8, 4) is 0 Å². The van der Waals surface area contributed by atoms with Gasteiger partial charge in [-0.1, -0.05) is 28.1 Å². The predicted octanol–water partition coefficient (Wildman–Crippen LogP) is 3.16. The second-order valence-corrected chi connectivity index (χ2v) is 4.50. The molecule has 15 heavy (non-hydrogen) atoms. The summed E-state index contributed by atoms with van der Waals surface area (Å²) in [7, 11) is 0. The monoisotopic (exact) mass is 290 g/mol. The van der Waals surface area contributed by atoms with E-state index < -0.39 is 5.38 Å². The molecule has 1 atom stereocenters. The zero-order chi connectivity index (χ0) is 11.3. The summed E-state index contributed by atoms with van der Waals surface area (Å²) in [5.41, 5.74) is 1.01. The molecule has 0 saturated heterocycles. The van der Waals surface area contributed by atoms with Crippen molar-refractivity contribution >= 4 is 33.5 Å². The number of rotatable bonds is 4. The first-order valence-electron chi connectivity index (χ1n) is 4.68. The summed E-state index contributed by atoms with van der Waals surface area (Å²) in [4.78, 5) is 11.3. The standard InChI is InChI=1S/C11H12BrClO2/c1-2-15-11(14)10(13)7-8-4-3-5-9(12)6-8/h3-6,10H,2,7H2,1H3. The van der Waals surface area contributed by atoms with E-state index >= 15 is 0 Å². The van der Waals surface area contributed by atoms with E-state index in [1.54, 1.807) is 6.92 Å². The molecule has 82 valence electrons. The van der Waals surface area contributed by atoms with E-state index in [0.717, 1.165) is 10.0 Å². The number of carbonyl (C=O) groups excluding carboxylic acids is 1. The van der Waals surface area contributed by atoms with Crippen molar-refractivity contribution in [1.82, 2.24) is 0 Å². The number of carbonyl (C=O) groups is 1. The number of esters is 1. The van der Waals surface area contributed by atoms with E-state index in [0.29, 0.717) is 13.0 Å². The molecule has 4 heteroatoms. The summed E-state index contributed by atoms with van der Waals surface area (Å²) in [6.45, 7) is 2.13. The van der Waals surface area contributed by atoms with Gasteiger partial charge < -0.3 is 4.74 Å². The Morgan fingerprint density at radius 2 is 2.33 bits per heavy atom. The van der Waals surface area contributed by atoms with E-state index in [9.17, 15) is 4.79 Å². The number of ether oxygens (including phenoxy) is 1. The highest BCUT2D eigenvalue weighted by molar-refractivity contribution is 9.10. The molecule has 1 aromatic carbocycles. The zero-order valence-electron chi connectivity index (χ0n) is 8.37. The van der Waals surface area contributed by atoms with Crippen LogP contribution >= 0.6 is 27.5 Å². The van der Waals surface area contributed by atoms with Crippen LogP contribution < -0.4 is 0 Å². The Balaban J connectivity index is 2.58. The molecule has 0 amide bonds. The van der Waals surface area contributed by atoms with Gasteiger partial charge >= 0.3 is 5.97 Å². The minimum Gasteiger partial charge on any atom is -0.465 e. The molecule has 1 unspecified atom stereocenters. The zero-order valence-corrected chi connectivity index (χ0v) is 10.7. The van der Waals surface area contributed by atoms with E-state index in [-0.39, 0.29) is 5.97 Å². The van der Waals surface area contributed by atoms with E-state index in [1.165, 1.54) is 0 Å². The van der Waals surface area contributed by atoms with Crippen molar-refractivity contribution in [1.29, 1.82) is 0 Å². The van der Waals surface area contributed by atoms with Crippen LogP contribution in [0.2, 0.25) is 0 Å². The van der Waals surface area contributed by atoms with Crippen LogP contribution in [0.5, 0.6) is 0 Å². The molecule has 0 aliphatic carbocycles. The van der Waals surface area contributed by atoms with Crippen molar-refractivity contribution in [2.45, 2.75) is 18.7 Å². The quantitative estimate of drug-likeness (QED) is 0.629. The fourth-order valence-electron chi connectivity index (χ4n) is 1.19. The summed E-state index contributed by atoms with van der Waals surface area (Å²) < 4.78 is 5.80. The summed E-state index contributed by atoms with van der Waals surface area (Å²) >= 11 is 9.27. The Labute approximate surface area is 103 Å². The minimum absolute atomic E-state index is 0.362. The smallest absolute Gasteiger partial charge is 0.324 e. The molecule has 0 aliphatic rings. The van der Waals surface area contributed by atoms with Crippen molar-refractivity contribution in [2.24, 2.45) is 0 Å². The lowest BCUT2D eigenvalue weighted by Gasteiger charge is -2.08. The number of alkyl halides is 1. The third-order valence-electron chi connectivity index (χ3n) is 1.85. The Bertz CT molecular complexity index is 341. The topological polar surface area (TPSA) is 26.3 Å². The number of hydrogen-bond donors (Lipinski definition) is 0. The van der Waals surface area contributed by atoms with Gasteiger partial charge in [0.2, 0.25) is 0 Å². The normalized spacial score (nSPS) is 12.2. The molecule has 0 radical (unpaired) electrons. The van der Waals surface area contributed by atoms with E-state index in [1.807, 2.05) is 24.3 Å². The van der Waals surface area contributed by atoms with Crippen LogP contribution in [0, 0.1) is 0 Å². The van der Waals surface area contributed by atoms with Crippen LogP contribution in [0.15, 0.2) is 28.7 Å². The van der Waals surface area contributed by atoms with Crippen molar-refractivity contribution < 1.29 is 9.53 Å². The molecule has 0 fully saturated rings. The van der Waals surface area contributed by atoms with Gasteiger partial charge in [-0.2, -0.15) is 0 Å². The van der Waals surface area contributed by atoms with Gasteiger partial charge in [0.1, 0.15) is 5.38 Å². The minimum atomic E-state index is -0.612. The molecule has 1 aromatic rings. The van der Waals surface area contributed by atoms with Crippen molar-refractivity contribution in [3.05, 3.63) is 34.3 Å². The first-order chi connectivity index (χ1) is 7.13. The van der Waals surface area contributed by atoms with Crippen molar-refractivity contribution in [2.75, 3.05) is 6.61 Å². The van der Waals surface area contributed by atoms with Gasteiger partial charge in [-0.3, -0.25) is 4.79 Å². The lowest BCUT2D eigenvalue weighted by atomic mass is 10.1. The first-order valence-corrected chi connectivity index (χ1v) is 5.91. The number of benzene rings is 1. The van der Waals surface area contributed by atoms with Crippen molar-refractivity contribution in [3.63, 3.8) is 0 Å². The average molecular weight is 292 g/mol. The van der Waals surface area contributed by atoms with E-state index in [4.69, 9.17) is 16.3 Å². The Morgan fingerprint density at radius 1 is 1.60 bits per heavy atom. The second kappa shape index (κ2) is 6.13. The molecule has 0 bridgehead atoms. The molecule has 0 saturated carbocycles. The molecule has 0 N–H and O–H groups in total. The number of halogens is 2. The van der Waals surface area contributed by atoms with Crippen LogP contribution in [0.3, 0.4) is 0 Å². The highest BCUT2D eigenvalue weighted by Crippen LogP contribution is 2.15. The third-order valence-corrected chi connectivity index (χ3v) is 2.67. The third kappa shape index (κ3) is 4.22. The summed E-state index contributed by atoms with van der Waals surface area (Å²) in [6.07, 6.45) is 0.486. The first kappa shape index (κ1) is 12.5. The van der Waals surface area contributed by atoms with Crippen LogP contribution in [0.25, 0.3) is 0 Å². The molecule has 0 aliphatic heterocycles. The molecular weight excluding hydrogens is 279 g/mol. The fraction of sp³-hybridized carbons (Fsp3) is 0.364. The maximum absolute atomic E-state index is 11.3. The van der Waals surface area contributed by atoms with Gasteiger partial charge in [-0.25, -0.2) is 0 Å². The second-order valence-electron chi connectivity index (χ2n) is 3.05. The lowest BCUT2D eigenvalue weighted by Crippen LogP contribution is -2.20. The molecule has 0 spiro atoms. The largest absolute Gasteiger partial charge is 0.465 e. The molecular formula is C11H12BrClO2. The van der Waals surface area contributed by atoms with Gasteiger partial charge in [0.25, 0.3) is 0 Å². The molecule has 2 nitrogen and oxygen atoms in total. The summed E-state index contributed by atoms with van der Waals surface area (Å²) in [5, 5.41) is -0.612. The van der Waals surface area contributed by atoms with Gasteiger partial charge in [0.15, 0.2) is 0 Å². The molecule has 1 rings (SSSR count). The highest BCUT2D eigenvalue weighted by Gasteiger charge is 2.16. The summed E-state index contributed by atoms with van der Waals surface area (Å²) in [6, 6.07) is 7.71. The van der Waals surface area contributed by atoms with Crippen LogP contribution in [0.1, 0.15) is 12.5 Å². The Morgan fingerprint density at radius 3 is 2.93 bits per heavy atom.